The number of ether oxygens (including phenoxy) is 2. The van der Waals surface area contributed by atoms with Gasteiger partial charge in [0.15, 0.2) is 6.10 Å². The summed E-state index contributed by atoms with van der Waals surface area (Å²) in [5.41, 5.74) is 0. The molecule has 0 amide bonds. The molecule has 0 radical (unpaired) electrons. The molecule has 0 aromatic carbocycles. The zero-order chi connectivity index (χ0) is 34.0. The van der Waals surface area contributed by atoms with Crippen LogP contribution in [0, 0.1) is 0 Å². The molecule has 8 nitrogen and oxygen atoms in total. The van der Waals surface area contributed by atoms with Crippen LogP contribution in [0.2, 0.25) is 0 Å². The van der Waals surface area contributed by atoms with E-state index in [0.29, 0.717) is 6.42 Å². The smallest absolute Gasteiger partial charge is 0.306 e. The lowest BCUT2D eigenvalue weighted by Crippen LogP contribution is -2.30. The summed E-state index contributed by atoms with van der Waals surface area (Å²) in [6, 6.07) is 0. The number of hydrogen-bond acceptors (Lipinski definition) is 7. The maximum absolute atomic E-state index is 12.3. The van der Waals surface area contributed by atoms with Gasteiger partial charge in [-0.25, -0.2) is 0 Å². The number of esters is 2. The Labute approximate surface area is 282 Å². The summed E-state index contributed by atoms with van der Waals surface area (Å²) >= 11 is 0. The van der Waals surface area contributed by atoms with Gasteiger partial charge in [-0.05, 0) is 38.5 Å². The van der Waals surface area contributed by atoms with Gasteiger partial charge < -0.3 is 23.8 Å². The van der Waals surface area contributed by atoms with Crippen molar-refractivity contribution < 1.29 is 37.9 Å². The van der Waals surface area contributed by atoms with Gasteiger partial charge in [-0.2, -0.15) is 0 Å². The lowest BCUT2D eigenvalue weighted by atomic mass is 10.0. The summed E-state index contributed by atoms with van der Waals surface area (Å²) in [7, 11) is -4.99. The summed E-state index contributed by atoms with van der Waals surface area (Å²) in [4.78, 5) is 44.5. The first-order valence-corrected chi connectivity index (χ1v) is 20.5. The van der Waals surface area contributed by atoms with Crippen LogP contribution >= 0.6 is 7.82 Å². The maximum atomic E-state index is 12.3. The molecular formula is C37H70O8P-. The molecule has 0 spiro atoms. The second-order valence-corrected chi connectivity index (χ2v) is 14.1. The third-order valence-electron chi connectivity index (χ3n) is 8.28. The Bertz CT molecular complexity index is 766. The Morgan fingerprint density at radius 3 is 1.37 bits per heavy atom. The molecule has 0 aromatic heterocycles. The van der Waals surface area contributed by atoms with Gasteiger partial charge in [-0.1, -0.05) is 154 Å². The SMILES string of the molecule is CCCCCCCC/C=C\CCCCCCCC(=O)O[C@H](COC(=O)CCCCCCCCCCCCCCC)COP(=O)([O-])O. The third kappa shape index (κ3) is 35.6. The topological polar surface area (TPSA) is 122 Å². The van der Waals surface area contributed by atoms with E-state index >= 15 is 0 Å². The fourth-order valence-corrected chi connectivity index (χ4v) is 5.78. The van der Waals surface area contributed by atoms with E-state index in [9.17, 15) is 19.0 Å². The Hall–Kier alpha value is -1.21. The van der Waals surface area contributed by atoms with Crippen LogP contribution in [0.3, 0.4) is 0 Å². The molecule has 2 atom stereocenters. The Morgan fingerprint density at radius 1 is 0.587 bits per heavy atom. The first-order valence-electron chi connectivity index (χ1n) is 19.0. The van der Waals surface area contributed by atoms with E-state index in [1.807, 2.05) is 0 Å². The molecule has 0 fully saturated rings. The van der Waals surface area contributed by atoms with E-state index in [1.54, 1.807) is 0 Å². The molecule has 0 aliphatic carbocycles. The molecule has 9 heteroatoms. The van der Waals surface area contributed by atoms with Crippen LogP contribution in [0.5, 0.6) is 0 Å². The molecular weight excluding hydrogens is 603 g/mol. The van der Waals surface area contributed by atoms with Crippen molar-refractivity contribution >= 4 is 19.8 Å². The van der Waals surface area contributed by atoms with Crippen molar-refractivity contribution in [2.45, 2.75) is 200 Å². The highest BCUT2D eigenvalue weighted by molar-refractivity contribution is 7.44. The lowest BCUT2D eigenvalue weighted by molar-refractivity contribution is -0.223. The van der Waals surface area contributed by atoms with Gasteiger partial charge in [-0.15, -0.1) is 0 Å². The van der Waals surface area contributed by atoms with Gasteiger partial charge in [0.05, 0.1) is 6.61 Å². The fraction of sp³-hybridized carbons (Fsp3) is 0.892. The third-order valence-corrected chi connectivity index (χ3v) is 8.75. The van der Waals surface area contributed by atoms with Crippen LogP contribution in [0.1, 0.15) is 194 Å². The normalized spacial score (nSPS) is 13.6. The Kier molecular flexibility index (Phi) is 32.8. The largest absolute Gasteiger partial charge is 0.756 e. The molecule has 0 heterocycles. The Morgan fingerprint density at radius 2 is 0.957 bits per heavy atom. The number of phosphoric acid groups is 1. The van der Waals surface area contributed by atoms with Crippen molar-refractivity contribution in [3.05, 3.63) is 12.2 Å². The average Bonchev–Trinajstić information content (AvgIpc) is 3.02. The first-order chi connectivity index (χ1) is 22.3. The van der Waals surface area contributed by atoms with Crippen LogP contribution in [0.25, 0.3) is 0 Å². The Balaban J connectivity index is 3.96. The monoisotopic (exact) mass is 673 g/mol. The molecule has 0 aliphatic heterocycles. The molecule has 272 valence electrons. The highest BCUT2D eigenvalue weighted by atomic mass is 31.2. The average molecular weight is 674 g/mol. The number of phosphoric ester groups is 1. The van der Waals surface area contributed by atoms with Crippen molar-refractivity contribution in [1.82, 2.24) is 0 Å². The zero-order valence-corrected chi connectivity index (χ0v) is 30.6. The van der Waals surface area contributed by atoms with Crippen LogP contribution < -0.4 is 4.89 Å². The molecule has 0 aromatic rings. The van der Waals surface area contributed by atoms with Gasteiger partial charge in [0, 0.05) is 12.8 Å². The van der Waals surface area contributed by atoms with Gasteiger partial charge >= 0.3 is 11.9 Å². The van der Waals surface area contributed by atoms with Gasteiger partial charge in [0.1, 0.15) is 6.61 Å². The number of unbranched alkanes of at least 4 members (excludes halogenated alkanes) is 23. The second-order valence-electron chi connectivity index (χ2n) is 12.9. The number of rotatable bonds is 35. The molecule has 0 bridgehead atoms. The van der Waals surface area contributed by atoms with Crippen molar-refractivity contribution in [2.75, 3.05) is 13.2 Å². The van der Waals surface area contributed by atoms with E-state index in [1.165, 1.54) is 109 Å². The standard InChI is InChI=1S/C37H71O8P/c1-3-5-7-9-11-13-15-17-18-20-22-24-26-28-30-32-37(39)45-35(34-44-46(40,41)42)33-43-36(38)31-29-27-25-23-21-19-16-14-12-10-8-6-4-2/h17-18,35H,3-16,19-34H2,1-2H3,(H2,40,41,42)/p-1/b18-17-/t35-/m1/s1. The molecule has 1 unspecified atom stereocenters. The van der Waals surface area contributed by atoms with E-state index < -0.39 is 32.5 Å². The van der Waals surface area contributed by atoms with Crippen LogP contribution in [0.15, 0.2) is 12.2 Å². The lowest BCUT2D eigenvalue weighted by Gasteiger charge is -2.21. The summed E-state index contributed by atoms with van der Waals surface area (Å²) in [5.74, 6) is -0.923. The van der Waals surface area contributed by atoms with Crippen molar-refractivity contribution in [3.63, 3.8) is 0 Å². The van der Waals surface area contributed by atoms with Crippen LogP contribution in [-0.2, 0) is 28.2 Å². The highest BCUT2D eigenvalue weighted by Gasteiger charge is 2.19. The molecule has 0 saturated carbocycles. The molecule has 0 aliphatic rings. The van der Waals surface area contributed by atoms with Gasteiger partial charge in [-0.3, -0.25) is 14.2 Å². The van der Waals surface area contributed by atoms with Gasteiger partial charge in [0.2, 0.25) is 0 Å². The maximum Gasteiger partial charge on any atom is 0.306 e. The summed E-state index contributed by atoms with van der Waals surface area (Å²) in [6.07, 6.45) is 34.8. The van der Waals surface area contributed by atoms with Crippen LogP contribution in [-0.4, -0.2) is 36.1 Å². The fourth-order valence-electron chi connectivity index (χ4n) is 5.42. The summed E-state index contributed by atoms with van der Waals surface area (Å²) in [6.45, 7) is 3.58. The zero-order valence-electron chi connectivity index (χ0n) is 29.7. The second kappa shape index (κ2) is 33.7. The number of carbonyl (C=O) groups excluding carboxylic acids is 2. The van der Waals surface area contributed by atoms with Crippen molar-refractivity contribution in [1.29, 1.82) is 0 Å². The summed E-state index contributed by atoms with van der Waals surface area (Å²) in [5, 5.41) is 0. The number of carbonyl (C=O) groups is 2. The number of allylic oxidation sites excluding steroid dienone is 2. The minimum Gasteiger partial charge on any atom is -0.756 e. The minimum atomic E-state index is -4.99. The van der Waals surface area contributed by atoms with Crippen LogP contribution in [0.4, 0.5) is 0 Å². The molecule has 1 N–H and O–H groups in total. The summed E-state index contributed by atoms with van der Waals surface area (Å²) < 4.78 is 26.0. The quantitative estimate of drug-likeness (QED) is 0.0305. The van der Waals surface area contributed by atoms with Crippen molar-refractivity contribution in [3.8, 4) is 0 Å². The van der Waals surface area contributed by atoms with E-state index in [2.05, 4.69) is 30.5 Å². The van der Waals surface area contributed by atoms with E-state index in [-0.39, 0.29) is 19.4 Å². The first kappa shape index (κ1) is 44.8. The van der Waals surface area contributed by atoms with E-state index in [4.69, 9.17) is 14.4 Å². The van der Waals surface area contributed by atoms with E-state index in [0.717, 1.165) is 51.4 Å². The molecule has 0 saturated heterocycles. The molecule has 0 rings (SSSR count). The highest BCUT2D eigenvalue weighted by Crippen LogP contribution is 2.30. The van der Waals surface area contributed by atoms with Gasteiger partial charge in [0.25, 0.3) is 7.82 Å². The molecule has 46 heavy (non-hydrogen) atoms. The predicted molar refractivity (Wildman–Crippen MR) is 186 cm³/mol. The number of hydrogen-bond donors (Lipinski definition) is 1. The minimum absolute atomic E-state index is 0.190. The predicted octanol–water partition coefficient (Wildman–Crippen LogP) is 10.4. The van der Waals surface area contributed by atoms with Crippen molar-refractivity contribution in [2.24, 2.45) is 0 Å².